The molecule has 0 saturated heterocycles. The number of likely N-dealkylation sites (N-methyl/N-ethyl adjacent to an activating group) is 1. The van der Waals surface area contributed by atoms with Gasteiger partial charge in [0.25, 0.3) is 0 Å². The molecule has 156 valence electrons. The average Bonchev–Trinajstić information content (AvgIpc) is 3.24. The number of aliphatic hydroxyl groups is 1. The van der Waals surface area contributed by atoms with E-state index < -0.39 is 0 Å². The van der Waals surface area contributed by atoms with Gasteiger partial charge in [0.15, 0.2) is 11.5 Å². The van der Waals surface area contributed by atoms with Crippen molar-refractivity contribution in [3.63, 3.8) is 0 Å². The van der Waals surface area contributed by atoms with Gasteiger partial charge in [-0.15, -0.1) is 0 Å². The van der Waals surface area contributed by atoms with Crippen molar-refractivity contribution in [3.8, 4) is 0 Å². The molecule has 0 saturated carbocycles. The zero-order valence-electron chi connectivity index (χ0n) is 16.9. The van der Waals surface area contributed by atoms with Crippen molar-refractivity contribution < 1.29 is 5.11 Å². The topological polar surface area (TPSA) is 90.6 Å². The maximum absolute atomic E-state index is 8.88. The highest BCUT2D eigenvalue weighted by Crippen LogP contribution is 2.31. The van der Waals surface area contributed by atoms with Crippen molar-refractivity contribution in [2.75, 3.05) is 43.5 Å². The van der Waals surface area contributed by atoms with Crippen LogP contribution in [0, 0.1) is 6.92 Å². The molecule has 4 aromatic rings. The van der Waals surface area contributed by atoms with Crippen LogP contribution >= 0.6 is 11.6 Å². The first kappa shape index (κ1) is 20.3. The van der Waals surface area contributed by atoms with Gasteiger partial charge in [0.2, 0.25) is 0 Å². The Morgan fingerprint density at radius 2 is 2.03 bits per heavy atom. The number of rotatable bonds is 8. The van der Waals surface area contributed by atoms with Crippen LogP contribution in [-0.4, -0.2) is 57.7 Å². The number of para-hydroxylation sites is 1. The standard InChI is InChI=1S/C21H24ClN7O/c1-14-4-3-5-15(22)19(14)27-20-17-12-24-13-29(17)21-16(25-20)6-7-18(26-21)28(2)10-8-23-9-11-30/h3-7,12-13,23,30H,8-11H2,1-2H3,(H,25,27). The molecule has 0 spiro atoms. The van der Waals surface area contributed by atoms with Gasteiger partial charge in [0, 0.05) is 26.7 Å². The third-order valence-corrected chi connectivity index (χ3v) is 5.27. The van der Waals surface area contributed by atoms with Crippen LogP contribution in [0.25, 0.3) is 16.7 Å². The summed E-state index contributed by atoms with van der Waals surface area (Å²) in [6.45, 7) is 4.24. The number of anilines is 3. The van der Waals surface area contributed by atoms with Gasteiger partial charge in [-0.25, -0.2) is 15.0 Å². The van der Waals surface area contributed by atoms with Gasteiger partial charge in [0.05, 0.1) is 23.5 Å². The van der Waals surface area contributed by atoms with Gasteiger partial charge in [-0.05, 0) is 30.7 Å². The molecular weight excluding hydrogens is 402 g/mol. The summed E-state index contributed by atoms with van der Waals surface area (Å²) in [5, 5.41) is 16.1. The van der Waals surface area contributed by atoms with Crippen LogP contribution in [-0.2, 0) is 0 Å². The molecule has 30 heavy (non-hydrogen) atoms. The molecule has 3 N–H and O–H groups in total. The maximum Gasteiger partial charge on any atom is 0.166 e. The van der Waals surface area contributed by atoms with Crippen molar-refractivity contribution in [1.82, 2.24) is 24.7 Å². The van der Waals surface area contributed by atoms with E-state index in [2.05, 4.69) is 20.5 Å². The Kier molecular flexibility index (Phi) is 5.98. The summed E-state index contributed by atoms with van der Waals surface area (Å²) in [4.78, 5) is 16.0. The summed E-state index contributed by atoms with van der Waals surface area (Å²) in [7, 11) is 1.99. The monoisotopic (exact) mass is 425 g/mol. The SMILES string of the molecule is Cc1cccc(Cl)c1Nc1nc2ccc(N(C)CCNCCO)nc2n2cncc12. The Morgan fingerprint density at radius 1 is 1.17 bits per heavy atom. The largest absolute Gasteiger partial charge is 0.395 e. The highest BCUT2D eigenvalue weighted by molar-refractivity contribution is 6.33. The number of aromatic nitrogens is 4. The molecule has 3 aromatic heterocycles. The van der Waals surface area contributed by atoms with Gasteiger partial charge < -0.3 is 20.6 Å². The highest BCUT2D eigenvalue weighted by atomic mass is 35.5. The lowest BCUT2D eigenvalue weighted by Crippen LogP contribution is -2.31. The average molecular weight is 426 g/mol. The Bertz CT molecular complexity index is 1160. The molecule has 0 fully saturated rings. The molecule has 3 heterocycles. The molecule has 0 aliphatic heterocycles. The van der Waals surface area contributed by atoms with Crippen LogP contribution in [0.5, 0.6) is 0 Å². The summed E-state index contributed by atoms with van der Waals surface area (Å²) >= 11 is 6.39. The van der Waals surface area contributed by atoms with E-state index in [0.29, 0.717) is 17.4 Å². The van der Waals surface area contributed by atoms with Crippen LogP contribution in [0.15, 0.2) is 42.9 Å². The minimum Gasteiger partial charge on any atom is -0.395 e. The highest BCUT2D eigenvalue weighted by Gasteiger charge is 2.14. The molecule has 0 aliphatic rings. The predicted octanol–water partition coefficient (Wildman–Crippen LogP) is 3.00. The molecule has 0 radical (unpaired) electrons. The number of pyridine rings is 1. The quantitative estimate of drug-likeness (QED) is 0.374. The second-order valence-corrected chi connectivity index (χ2v) is 7.48. The predicted molar refractivity (Wildman–Crippen MR) is 121 cm³/mol. The number of aliphatic hydroxyl groups excluding tert-OH is 1. The molecule has 0 bridgehead atoms. The number of halogens is 1. The number of imidazole rings is 1. The first-order chi connectivity index (χ1) is 14.6. The van der Waals surface area contributed by atoms with E-state index in [9.17, 15) is 0 Å². The second kappa shape index (κ2) is 8.83. The molecule has 0 atom stereocenters. The summed E-state index contributed by atoms with van der Waals surface area (Å²) < 4.78 is 1.93. The summed E-state index contributed by atoms with van der Waals surface area (Å²) in [5.41, 5.74) is 4.17. The van der Waals surface area contributed by atoms with Crippen molar-refractivity contribution in [2.24, 2.45) is 0 Å². The minimum atomic E-state index is 0.131. The number of fused-ring (bicyclic) bond motifs is 3. The lowest BCUT2D eigenvalue weighted by atomic mass is 10.2. The molecule has 4 rings (SSSR count). The third-order valence-electron chi connectivity index (χ3n) is 4.95. The second-order valence-electron chi connectivity index (χ2n) is 7.07. The summed E-state index contributed by atoms with van der Waals surface area (Å²) in [5.74, 6) is 1.51. The van der Waals surface area contributed by atoms with E-state index in [1.54, 1.807) is 12.5 Å². The van der Waals surface area contributed by atoms with Gasteiger partial charge in [-0.2, -0.15) is 0 Å². The lowest BCUT2D eigenvalue weighted by molar-refractivity contribution is 0.293. The van der Waals surface area contributed by atoms with Gasteiger partial charge in [-0.1, -0.05) is 23.7 Å². The van der Waals surface area contributed by atoms with E-state index in [4.69, 9.17) is 26.7 Å². The molecular formula is C21H24ClN7O. The number of aryl methyl sites for hydroxylation is 1. The fourth-order valence-corrected chi connectivity index (χ4v) is 3.56. The smallest absolute Gasteiger partial charge is 0.166 e. The summed E-state index contributed by atoms with van der Waals surface area (Å²) in [6.07, 6.45) is 3.50. The van der Waals surface area contributed by atoms with Crippen molar-refractivity contribution in [3.05, 3.63) is 53.4 Å². The van der Waals surface area contributed by atoms with Crippen LogP contribution in [0.1, 0.15) is 5.56 Å². The van der Waals surface area contributed by atoms with Gasteiger partial charge >= 0.3 is 0 Å². The van der Waals surface area contributed by atoms with Crippen LogP contribution in [0.3, 0.4) is 0 Å². The van der Waals surface area contributed by atoms with Crippen molar-refractivity contribution in [2.45, 2.75) is 6.92 Å². The maximum atomic E-state index is 8.88. The Morgan fingerprint density at radius 3 is 2.83 bits per heavy atom. The normalized spacial score (nSPS) is 11.3. The van der Waals surface area contributed by atoms with Crippen LogP contribution in [0.2, 0.25) is 5.02 Å². The van der Waals surface area contributed by atoms with E-state index >= 15 is 0 Å². The fraction of sp³-hybridized carbons (Fsp3) is 0.286. The van der Waals surface area contributed by atoms with Gasteiger partial charge in [-0.3, -0.25) is 4.40 Å². The molecule has 9 heteroatoms. The number of benzene rings is 1. The molecule has 0 amide bonds. The molecule has 0 aliphatic carbocycles. The van der Waals surface area contributed by atoms with Crippen LogP contribution in [0.4, 0.5) is 17.3 Å². The van der Waals surface area contributed by atoms with Crippen molar-refractivity contribution >= 4 is 45.6 Å². The number of nitrogens with one attached hydrogen (secondary N) is 2. The van der Waals surface area contributed by atoms with E-state index in [1.165, 1.54) is 0 Å². The Labute approximate surface area is 179 Å². The van der Waals surface area contributed by atoms with E-state index in [-0.39, 0.29) is 6.61 Å². The van der Waals surface area contributed by atoms with E-state index in [1.807, 2.05) is 48.7 Å². The van der Waals surface area contributed by atoms with Crippen LogP contribution < -0.4 is 15.5 Å². The first-order valence-corrected chi connectivity index (χ1v) is 10.1. The van der Waals surface area contributed by atoms with Crippen molar-refractivity contribution in [1.29, 1.82) is 0 Å². The first-order valence-electron chi connectivity index (χ1n) is 9.76. The third kappa shape index (κ3) is 4.02. The number of hydrogen-bond acceptors (Lipinski definition) is 7. The zero-order chi connectivity index (χ0) is 21.1. The molecule has 1 aromatic carbocycles. The van der Waals surface area contributed by atoms with E-state index in [0.717, 1.165) is 46.8 Å². The Balaban J connectivity index is 1.69. The summed E-state index contributed by atoms with van der Waals surface area (Å²) in [6, 6.07) is 9.69. The van der Waals surface area contributed by atoms with Gasteiger partial charge in [0.1, 0.15) is 23.2 Å². The fourth-order valence-electron chi connectivity index (χ4n) is 3.29. The number of nitrogens with zero attached hydrogens (tertiary/aromatic N) is 5. The molecule has 0 unspecified atom stereocenters. The minimum absolute atomic E-state index is 0.131. The lowest BCUT2D eigenvalue weighted by Gasteiger charge is -2.19. The Hall–Kier alpha value is -2.94. The number of hydrogen-bond donors (Lipinski definition) is 3. The molecule has 8 nitrogen and oxygen atoms in total. The zero-order valence-corrected chi connectivity index (χ0v) is 17.7.